The number of nitrogens with zero attached hydrogens (tertiary/aromatic N) is 4. The third kappa shape index (κ3) is 2.63. The van der Waals surface area contributed by atoms with E-state index in [1.54, 1.807) is 0 Å². The number of aryl methyl sites for hydroxylation is 1. The number of pyridine rings is 1. The van der Waals surface area contributed by atoms with Gasteiger partial charge in [0.1, 0.15) is 5.82 Å². The number of benzene rings is 1. The van der Waals surface area contributed by atoms with E-state index in [0.717, 1.165) is 25.2 Å². The first-order valence-corrected chi connectivity index (χ1v) is 8.45. The molecule has 1 fully saturated rings. The smallest absolute Gasteiger partial charge is 0.127 e. The minimum absolute atomic E-state index is 0.405. The maximum atomic E-state index is 4.96. The average Bonchev–Trinajstić information content (AvgIpc) is 3.19. The Balaban J connectivity index is 1.68. The van der Waals surface area contributed by atoms with E-state index in [1.165, 1.54) is 29.7 Å². The molecular formula is C19H22N4. The summed E-state index contributed by atoms with van der Waals surface area (Å²) in [4.78, 5) is 11.8. The summed E-state index contributed by atoms with van der Waals surface area (Å²) in [5, 5.41) is 0. The molecule has 0 saturated carbocycles. The fourth-order valence-electron chi connectivity index (χ4n) is 3.71. The molecule has 0 aliphatic carbocycles. The summed E-state index contributed by atoms with van der Waals surface area (Å²) < 4.78 is 2.38. The Bertz CT molecular complexity index is 793. The molecule has 118 valence electrons. The molecule has 0 N–H and O–H groups in total. The quantitative estimate of drug-likeness (QED) is 0.735. The third-order valence-electron chi connectivity index (χ3n) is 4.77. The van der Waals surface area contributed by atoms with Crippen LogP contribution in [0, 0.1) is 0 Å². The van der Waals surface area contributed by atoms with Crippen molar-refractivity contribution in [3.05, 3.63) is 60.2 Å². The van der Waals surface area contributed by atoms with Gasteiger partial charge in [0, 0.05) is 25.5 Å². The molecule has 4 heteroatoms. The lowest BCUT2D eigenvalue weighted by atomic mass is 10.2. The highest BCUT2D eigenvalue weighted by Gasteiger charge is 2.30. The van der Waals surface area contributed by atoms with E-state index in [-0.39, 0.29) is 0 Å². The van der Waals surface area contributed by atoms with Crippen LogP contribution in [-0.4, -0.2) is 26.0 Å². The molecule has 23 heavy (non-hydrogen) atoms. The van der Waals surface area contributed by atoms with Crippen LogP contribution in [0.3, 0.4) is 0 Å². The molecule has 1 saturated heterocycles. The topological polar surface area (TPSA) is 34.0 Å². The van der Waals surface area contributed by atoms with Gasteiger partial charge in [0.15, 0.2) is 0 Å². The molecule has 1 atom stereocenters. The standard InChI is InChI=1S/C19H22N4/c1-2-23-17-9-4-3-8-16(17)21-19(23)18-10-6-12-22(18)14-15-7-5-11-20-13-15/h3-5,7-9,11,13,18H,2,6,10,12,14H2,1H3. The highest BCUT2D eigenvalue weighted by Crippen LogP contribution is 2.34. The van der Waals surface area contributed by atoms with E-state index >= 15 is 0 Å². The zero-order valence-corrected chi connectivity index (χ0v) is 13.5. The molecule has 3 aromatic rings. The lowest BCUT2D eigenvalue weighted by Gasteiger charge is -2.24. The molecular weight excluding hydrogens is 284 g/mol. The van der Waals surface area contributed by atoms with Gasteiger partial charge in [-0.25, -0.2) is 4.98 Å². The van der Waals surface area contributed by atoms with Crippen molar-refractivity contribution in [2.45, 2.75) is 38.9 Å². The van der Waals surface area contributed by atoms with Crippen LogP contribution in [-0.2, 0) is 13.1 Å². The van der Waals surface area contributed by atoms with Gasteiger partial charge in [-0.2, -0.15) is 0 Å². The Hall–Kier alpha value is -2.20. The van der Waals surface area contributed by atoms with Crippen molar-refractivity contribution in [1.82, 2.24) is 19.4 Å². The molecule has 0 spiro atoms. The monoisotopic (exact) mass is 306 g/mol. The molecule has 0 radical (unpaired) electrons. The fourth-order valence-corrected chi connectivity index (χ4v) is 3.71. The molecule has 3 heterocycles. The van der Waals surface area contributed by atoms with Crippen LogP contribution in [0.15, 0.2) is 48.8 Å². The second kappa shape index (κ2) is 6.13. The fraction of sp³-hybridized carbons (Fsp3) is 0.368. The van der Waals surface area contributed by atoms with Gasteiger partial charge in [0.25, 0.3) is 0 Å². The number of rotatable bonds is 4. The summed E-state index contributed by atoms with van der Waals surface area (Å²) in [5.74, 6) is 1.22. The van der Waals surface area contributed by atoms with Crippen molar-refractivity contribution in [2.24, 2.45) is 0 Å². The molecule has 1 unspecified atom stereocenters. The largest absolute Gasteiger partial charge is 0.327 e. The maximum Gasteiger partial charge on any atom is 0.127 e. The normalized spacial score (nSPS) is 18.7. The van der Waals surface area contributed by atoms with Crippen LogP contribution in [0.2, 0.25) is 0 Å². The first kappa shape index (κ1) is 14.4. The Morgan fingerprint density at radius 2 is 2.09 bits per heavy atom. The van der Waals surface area contributed by atoms with Crippen LogP contribution in [0.1, 0.15) is 37.2 Å². The number of para-hydroxylation sites is 2. The first-order chi connectivity index (χ1) is 11.4. The second-order valence-electron chi connectivity index (χ2n) is 6.19. The van der Waals surface area contributed by atoms with E-state index < -0.39 is 0 Å². The van der Waals surface area contributed by atoms with Gasteiger partial charge in [0.2, 0.25) is 0 Å². The van der Waals surface area contributed by atoms with Crippen molar-refractivity contribution in [3.8, 4) is 0 Å². The molecule has 1 aliphatic rings. The summed E-state index contributed by atoms with van der Waals surface area (Å²) in [6.07, 6.45) is 6.22. The number of hydrogen-bond acceptors (Lipinski definition) is 3. The highest BCUT2D eigenvalue weighted by atomic mass is 15.2. The van der Waals surface area contributed by atoms with E-state index in [9.17, 15) is 0 Å². The molecule has 0 amide bonds. The third-order valence-corrected chi connectivity index (χ3v) is 4.77. The Kier molecular flexibility index (Phi) is 3.83. The number of likely N-dealkylation sites (tertiary alicyclic amines) is 1. The van der Waals surface area contributed by atoms with E-state index in [0.29, 0.717) is 6.04 Å². The predicted octanol–water partition coefficient (Wildman–Crippen LogP) is 3.79. The molecule has 4 nitrogen and oxygen atoms in total. The molecule has 1 aliphatic heterocycles. The van der Waals surface area contributed by atoms with Crippen LogP contribution in [0.5, 0.6) is 0 Å². The summed E-state index contributed by atoms with van der Waals surface area (Å²) in [6, 6.07) is 13.0. The van der Waals surface area contributed by atoms with Gasteiger partial charge in [-0.1, -0.05) is 18.2 Å². The number of hydrogen-bond donors (Lipinski definition) is 0. The Labute approximate surface area is 136 Å². The van der Waals surface area contributed by atoms with Gasteiger partial charge in [-0.05, 0) is 50.1 Å². The van der Waals surface area contributed by atoms with Crippen LogP contribution < -0.4 is 0 Å². The lowest BCUT2D eigenvalue weighted by Crippen LogP contribution is -2.25. The van der Waals surface area contributed by atoms with Crippen molar-refractivity contribution < 1.29 is 0 Å². The molecule has 4 rings (SSSR count). The van der Waals surface area contributed by atoms with E-state index in [1.807, 2.05) is 18.5 Å². The maximum absolute atomic E-state index is 4.96. The Morgan fingerprint density at radius 1 is 1.17 bits per heavy atom. The van der Waals surface area contributed by atoms with Gasteiger partial charge in [-0.15, -0.1) is 0 Å². The summed E-state index contributed by atoms with van der Waals surface area (Å²) in [5.41, 5.74) is 3.63. The van der Waals surface area contributed by atoms with Crippen molar-refractivity contribution >= 4 is 11.0 Å². The van der Waals surface area contributed by atoms with Crippen molar-refractivity contribution in [1.29, 1.82) is 0 Å². The minimum atomic E-state index is 0.405. The van der Waals surface area contributed by atoms with E-state index in [2.05, 4.69) is 51.7 Å². The van der Waals surface area contributed by atoms with Gasteiger partial charge < -0.3 is 4.57 Å². The minimum Gasteiger partial charge on any atom is -0.327 e. The van der Waals surface area contributed by atoms with Crippen molar-refractivity contribution in [3.63, 3.8) is 0 Å². The number of fused-ring (bicyclic) bond motifs is 1. The Morgan fingerprint density at radius 3 is 2.91 bits per heavy atom. The number of imidazole rings is 1. The van der Waals surface area contributed by atoms with Crippen molar-refractivity contribution in [2.75, 3.05) is 6.54 Å². The van der Waals surface area contributed by atoms with Crippen LogP contribution >= 0.6 is 0 Å². The highest BCUT2D eigenvalue weighted by molar-refractivity contribution is 5.76. The summed E-state index contributed by atoms with van der Waals surface area (Å²) in [6.45, 7) is 5.25. The van der Waals surface area contributed by atoms with Crippen LogP contribution in [0.4, 0.5) is 0 Å². The summed E-state index contributed by atoms with van der Waals surface area (Å²) in [7, 11) is 0. The van der Waals surface area contributed by atoms with Gasteiger partial charge in [-0.3, -0.25) is 9.88 Å². The summed E-state index contributed by atoms with van der Waals surface area (Å²) >= 11 is 0. The zero-order valence-electron chi connectivity index (χ0n) is 13.5. The predicted molar refractivity (Wildman–Crippen MR) is 92.0 cm³/mol. The number of aromatic nitrogens is 3. The SMILES string of the molecule is CCn1c(C2CCCN2Cc2cccnc2)nc2ccccc21. The lowest BCUT2D eigenvalue weighted by molar-refractivity contribution is 0.235. The first-order valence-electron chi connectivity index (χ1n) is 8.45. The molecule has 2 aromatic heterocycles. The zero-order chi connectivity index (χ0) is 15.6. The van der Waals surface area contributed by atoms with Gasteiger partial charge >= 0.3 is 0 Å². The van der Waals surface area contributed by atoms with E-state index in [4.69, 9.17) is 4.98 Å². The molecule has 0 bridgehead atoms. The second-order valence-corrected chi connectivity index (χ2v) is 6.19. The average molecular weight is 306 g/mol. The molecule has 1 aromatic carbocycles. The van der Waals surface area contributed by atoms with Crippen LogP contribution in [0.25, 0.3) is 11.0 Å². The van der Waals surface area contributed by atoms with Gasteiger partial charge in [0.05, 0.1) is 17.1 Å².